The largest absolute Gasteiger partial charge is 0.374 e. The molecule has 1 saturated heterocycles. The normalized spacial score (nSPS) is 22.4. The Morgan fingerprint density at radius 2 is 2.00 bits per heavy atom. The number of morpholine rings is 1. The molecule has 2 atom stereocenters. The molecule has 1 fully saturated rings. The van der Waals surface area contributed by atoms with Gasteiger partial charge in [0.15, 0.2) is 5.82 Å². The van der Waals surface area contributed by atoms with Crippen LogP contribution in [0.2, 0.25) is 0 Å². The molecule has 0 aliphatic carbocycles. The number of nitrogens with one attached hydrogen (secondary N) is 1. The number of hydrogen-bond acceptors (Lipinski definition) is 6. The molecule has 0 radical (unpaired) electrons. The topological polar surface area (TPSA) is 59.5 Å². The zero-order chi connectivity index (χ0) is 15.2. The summed E-state index contributed by atoms with van der Waals surface area (Å²) in [6.07, 6.45) is 0.420. The van der Waals surface area contributed by atoms with Crippen LogP contribution >= 0.6 is 0 Å². The minimum absolute atomic E-state index is 0.210. The Kier molecular flexibility index (Phi) is 5.76. The van der Waals surface area contributed by atoms with Crippen LogP contribution in [0.15, 0.2) is 6.07 Å². The second-order valence-electron chi connectivity index (χ2n) is 5.36. The third-order valence-corrected chi connectivity index (χ3v) is 3.30. The minimum Gasteiger partial charge on any atom is -0.374 e. The summed E-state index contributed by atoms with van der Waals surface area (Å²) in [5.74, 6) is 2.51. The van der Waals surface area contributed by atoms with Gasteiger partial charge in [0.25, 0.3) is 0 Å². The van der Waals surface area contributed by atoms with E-state index in [9.17, 15) is 0 Å². The van der Waals surface area contributed by atoms with Crippen molar-refractivity contribution in [3.8, 4) is 0 Å². The molecule has 2 rings (SSSR count). The molecule has 6 nitrogen and oxygen atoms in total. The summed E-state index contributed by atoms with van der Waals surface area (Å²) in [4.78, 5) is 11.4. The van der Waals surface area contributed by atoms with Crippen molar-refractivity contribution >= 4 is 11.6 Å². The van der Waals surface area contributed by atoms with E-state index < -0.39 is 0 Å². The fourth-order valence-corrected chi connectivity index (χ4v) is 2.54. The van der Waals surface area contributed by atoms with Crippen LogP contribution in [-0.2, 0) is 16.1 Å². The molecule has 0 aromatic carbocycles. The van der Waals surface area contributed by atoms with E-state index in [1.54, 1.807) is 0 Å². The average Bonchev–Trinajstić information content (AvgIpc) is 2.44. The summed E-state index contributed by atoms with van der Waals surface area (Å²) in [5, 5.41) is 3.26. The highest BCUT2D eigenvalue weighted by atomic mass is 16.5. The molecule has 0 amide bonds. The molecule has 0 saturated carbocycles. The standard InChI is InChI=1S/C15H26N4O2/c1-5-16-13-7-15(18-14(17-13)10-20-6-2)19-8-11(3)21-12(4)9-19/h7,11-12H,5-6,8-10H2,1-4H3,(H,16,17,18)/t11-,12+. The Hall–Kier alpha value is -1.40. The highest BCUT2D eigenvalue weighted by Gasteiger charge is 2.24. The Bertz CT molecular complexity index is 445. The molecule has 118 valence electrons. The van der Waals surface area contributed by atoms with Crippen LogP contribution in [0.3, 0.4) is 0 Å². The maximum absolute atomic E-state index is 5.79. The second-order valence-corrected chi connectivity index (χ2v) is 5.36. The SMILES string of the molecule is CCNc1cc(N2C[C@@H](C)O[C@@H](C)C2)nc(COCC)n1. The van der Waals surface area contributed by atoms with E-state index in [4.69, 9.17) is 9.47 Å². The van der Waals surface area contributed by atoms with Crippen LogP contribution in [0.5, 0.6) is 0 Å². The van der Waals surface area contributed by atoms with Crippen molar-refractivity contribution in [3.63, 3.8) is 0 Å². The summed E-state index contributed by atoms with van der Waals surface area (Å²) in [7, 11) is 0. The van der Waals surface area contributed by atoms with Crippen LogP contribution in [-0.4, -0.2) is 48.4 Å². The zero-order valence-electron chi connectivity index (χ0n) is 13.4. The first-order valence-corrected chi connectivity index (χ1v) is 7.72. The van der Waals surface area contributed by atoms with E-state index in [0.717, 1.165) is 37.1 Å². The fourth-order valence-electron chi connectivity index (χ4n) is 2.54. The highest BCUT2D eigenvalue weighted by molar-refractivity contribution is 5.50. The molecule has 1 aromatic heterocycles. The van der Waals surface area contributed by atoms with Gasteiger partial charge in [-0.25, -0.2) is 9.97 Å². The van der Waals surface area contributed by atoms with Crippen molar-refractivity contribution in [1.29, 1.82) is 0 Å². The predicted octanol–water partition coefficient (Wildman–Crippen LogP) is 2.06. The van der Waals surface area contributed by atoms with Gasteiger partial charge in [-0.2, -0.15) is 0 Å². The van der Waals surface area contributed by atoms with E-state index in [1.807, 2.05) is 13.0 Å². The number of nitrogens with zero attached hydrogens (tertiary/aromatic N) is 3. The molecule has 0 spiro atoms. The minimum atomic E-state index is 0.210. The predicted molar refractivity (Wildman–Crippen MR) is 83.7 cm³/mol. The summed E-state index contributed by atoms with van der Waals surface area (Å²) < 4.78 is 11.2. The molecule has 2 heterocycles. The lowest BCUT2D eigenvalue weighted by Crippen LogP contribution is -2.46. The van der Waals surface area contributed by atoms with Crippen molar-refractivity contribution in [3.05, 3.63) is 11.9 Å². The summed E-state index contributed by atoms with van der Waals surface area (Å²) in [5.41, 5.74) is 0. The Labute approximate surface area is 126 Å². The molecule has 1 aliphatic rings. The Balaban J connectivity index is 2.21. The van der Waals surface area contributed by atoms with E-state index >= 15 is 0 Å². The number of ether oxygens (including phenoxy) is 2. The summed E-state index contributed by atoms with van der Waals surface area (Å²) in [6, 6.07) is 2.00. The van der Waals surface area contributed by atoms with Gasteiger partial charge in [0.1, 0.15) is 18.2 Å². The van der Waals surface area contributed by atoms with E-state index in [-0.39, 0.29) is 12.2 Å². The number of anilines is 2. The van der Waals surface area contributed by atoms with Gasteiger partial charge in [-0.05, 0) is 27.7 Å². The highest BCUT2D eigenvalue weighted by Crippen LogP contribution is 2.21. The Morgan fingerprint density at radius 1 is 1.29 bits per heavy atom. The average molecular weight is 294 g/mol. The van der Waals surface area contributed by atoms with E-state index in [1.165, 1.54) is 0 Å². The van der Waals surface area contributed by atoms with E-state index in [2.05, 4.69) is 41.0 Å². The maximum atomic E-state index is 5.79. The molecular weight excluding hydrogens is 268 g/mol. The summed E-state index contributed by atoms with van der Waals surface area (Å²) in [6.45, 7) is 11.9. The van der Waals surface area contributed by atoms with Crippen LogP contribution in [0.1, 0.15) is 33.5 Å². The number of rotatable bonds is 6. The first-order valence-electron chi connectivity index (χ1n) is 7.72. The molecule has 1 aliphatic heterocycles. The van der Waals surface area contributed by atoms with Gasteiger partial charge in [0.05, 0.1) is 12.2 Å². The van der Waals surface area contributed by atoms with Gasteiger partial charge in [0, 0.05) is 32.3 Å². The van der Waals surface area contributed by atoms with Crippen molar-refractivity contribution in [2.45, 2.75) is 46.5 Å². The van der Waals surface area contributed by atoms with Crippen molar-refractivity contribution in [1.82, 2.24) is 9.97 Å². The number of hydrogen-bond donors (Lipinski definition) is 1. The van der Waals surface area contributed by atoms with Gasteiger partial charge in [-0.3, -0.25) is 0 Å². The lowest BCUT2D eigenvalue weighted by molar-refractivity contribution is -0.00549. The fraction of sp³-hybridized carbons (Fsp3) is 0.733. The third kappa shape index (κ3) is 4.54. The smallest absolute Gasteiger partial charge is 0.158 e. The van der Waals surface area contributed by atoms with Gasteiger partial charge in [-0.1, -0.05) is 0 Å². The van der Waals surface area contributed by atoms with Gasteiger partial charge in [0.2, 0.25) is 0 Å². The molecule has 1 aromatic rings. The van der Waals surface area contributed by atoms with Crippen LogP contribution < -0.4 is 10.2 Å². The summed E-state index contributed by atoms with van der Waals surface area (Å²) >= 11 is 0. The Morgan fingerprint density at radius 3 is 2.62 bits per heavy atom. The number of aromatic nitrogens is 2. The van der Waals surface area contributed by atoms with Crippen molar-refractivity contribution in [2.75, 3.05) is 36.5 Å². The van der Waals surface area contributed by atoms with Gasteiger partial charge in [-0.15, -0.1) is 0 Å². The van der Waals surface area contributed by atoms with Crippen molar-refractivity contribution in [2.24, 2.45) is 0 Å². The van der Waals surface area contributed by atoms with Crippen LogP contribution in [0.25, 0.3) is 0 Å². The molecule has 0 bridgehead atoms. The van der Waals surface area contributed by atoms with Crippen LogP contribution in [0.4, 0.5) is 11.6 Å². The molecule has 0 unspecified atom stereocenters. The second kappa shape index (κ2) is 7.56. The van der Waals surface area contributed by atoms with Crippen molar-refractivity contribution < 1.29 is 9.47 Å². The van der Waals surface area contributed by atoms with E-state index in [0.29, 0.717) is 13.2 Å². The van der Waals surface area contributed by atoms with Gasteiger partial charge < -0.3 is 19.7 Å². The molecule has 1 N–H and O–H groups in total. The lowest BCUT2D eigenvalue weighted by atomic mass is 10.2. The first kappa shape index (κ1) is 16.0. The lowest BCUT2D eigenvalue weighted by Gasteiger charge is -2.36. The molecule has 6 heteroatoms. The zero-order valence-corrected chi connectivity index (χ0v) is 13.4. The maximum Gasteiger partial charge on any atom is 0.158 e. The van der Waals surface area contributed by atoms with Gasteiger partial charge >= 0.3 is 0 Å². The first-order chi connectivity index (χ1) is 10.1. The molecule has 21 heavy (non-hydrogen) atoms. The van der Waals surface area contributed by atoms with Crippen LogP contribution in [0, 0.1) is 0 Å². The third-order valence-electron chi connectivity index (χ3n) is 3.30. The monoisotopic (exact) mass is 294 g/mol. The molecular formula is C15H26N4O2. The quantitative estimate of drug-likeness (QED) is 0.866.